The van der Waals surface area contributed by atoms with Crippen LogP contribution in [0.25, 0.3) is 11.2 Å². The number of imidazole rings is 1. The van der Waals surface area contributed by atoms with Crippen LogP contribution in [-0.2, 0) is 18.7 Å². The van der Waals surface area contributed by atoms with Gasteiger partial charge in [-0.15, -0.1) is 0 Å². The van der Waals surface area contributed by atoms with E-state index in [1.165, 1.54) is 0 Å². The van der Waals surface area contributed by atoms with Gasteiger partial charge in [0.15, 0.2) is 11.2 Å². The molecule has 2 aromatic heterocycles. The Kier molecular flexibility index (Phi) is 8.02. The molecule has 0 saturated carbocycles. The van der Waals surface area contributed by atoms with Gasteiger partial charge >= 0.3 is 0 Å². The number of hydrogen-bond acceptors (Lipinski definition) is 7. The summed E-state index contributed by atoms with van der Waals surface area (Å²) in [7, 11) is 1.66. The highest BCUT2D eigenvalue weighted by atomic mass is 16.5. The Morgan fingerprint density at radius 3 is 1.91 bits per heavy atom. The largest absolute Gasteiger partial charge is 0.497 e. The molecule has 2 N–H and O–H groups in total. The molecule has 8 nitrogen and oxygen atoms in total. The molecule has 6 aromatic rings. The van der Waals surface area contributed by atoms with E-state index >= 15 is 0 Å². The third-order valence-corrected chi connectivity index (χ3v) is 7.53. The molecule has 216 valence electrons. The first-order valence-electron chi connectivity index (χ1n) is 14.2. The summed E-state index contributed by atoms with van der Waals surface area (Å²) in [6.45, 7) is 2.50. The maximum absolute atomic E-state index is 9.84. The SMILES string of the molecule is COc1ccc(C(Nc2nc(OCc3ccccc3)c3nc(C)n(CCO)c3n2)(c2ccccc2)c2ccccc2)cc1. The van der Waals surface area contributed by atoms with Crippen molar-refractivity contribution in [1.29, 1.82) is 0 Å². The summed E-state index contributed by atoms with van der Waals surface area (Å²) in [4.78, 5) is 14.6. The van der Waals surface area contributed by atoms with Gasteiger partial charge in [-0.05, 0) is 41.3 Å². The monoisotopic (exact) mass is 571 g/mol. The fourth-order valence-electron chi connectivity index (χ4n) is 5.44. The molecule has 0 bridgehead atoms. The first-order valence-corrected chi connectivity index (χ1v) is 14.2. The lowest BCUT2D eigenvalue weighted by molar-refractivity contribution is 0.276. The van der Waals surface area contributed by atoms with Crippen LogP contribution in [0.3, 0.4) is 0 Å². The number of rotatable bonds is 11. The van der Waals surface area contributed by atoms with Crippen LogP contribution in [0.4, 0.5) is 5.95 Å². The first-order chi connectivity index (χ1) is 21.1. The van der Waals surface area contributed by atoms with Crippen LogP contribution in [-0.4, -0.2) is 38.3 Å². The number of anilines is 1. The minimum Gasteiger partial charge on any atom is -0.497 e. The number of aliphatic hydroxyl groups is 1. The molecule has 2 heterocycles. The molecule has 0 spiro atoms. The Morgan fingerprint density at radius 2 is 1.33 bits per heavy atom. The van der Waals surface area contributed by atoms with Gasteiger partial charge in [0, 0.05) is 6.54 Å². The molecule has 0 saturated heterocycles. The zero-order valence-electron chi connectivity index (χ0n) is 24.1. The smallest absolute Gasteiger partial charge is 0.247 e. The number of hydrogen-bond donors (Lipinski definition) is 2. The Balaban J connectivity index is 1.56. The second-order valence-corrected chi connectivity index (χ2v) is 10.2. The summed E-state index contributed by atoms with van der Waals surface area (Å²) >= 11 is 0. The molecule has 8 heteroatoms. The van der Waals surface area contributed by atoms with Crippen molar-refractivity contribution >= 4 is 17.1 Å². The summed E-state index contributed by atoms with van der Waals surface area (Å²) in [6.07, 6.45) is 0. The number of aliphatic hydroxyl groups excluding tert-OH is 1. The first kappa shape index (κ1) is 27.9. The Labute approximate surface area is 250 Å². The lowest BCUT2D eigenvalue weighted by atomic mass is 9.77. The average Bonchev–Trinajstić information content (AvgIpc) is 3.38. The van der Waals surface area contributed by atoms with Gasteiger partial charge in [-0.25, -0.2) is 4.98 Å². The zero-order valence-corrected chi connectivity index (χ0v) is 24.1. The minimum atomic E-state index is -0.879. The van der Waals surface area contributed by atoms with E-state index in [0.717, 1.165) is 28.0 Å². The summed E-state index contributed by atoms with van der Waals surface area (Å²) in [5.74, 6) is 2.20. The van der Waals surface area contributed by atoms with Crippen molar-refractivity contribution in [2.24, 2.45) is 0 Å². The van der Waals surface area contributed by atoms with Crippen LogP contribution in [0.15, 0.2) is 115 Å². The van der Waals surface area contributed by atoms with E-state index in [4.69, 9.17) is 24.4 Å². The molecule has 43 heavy (non-hydrogen) atoms. The quantitative estimate of drug-likeness (QED) is 0.181. The van der Waals surface area contributed by atoms with Crippen molar-refractivity contribution < 1.29 is 14.6 Å². The number of fused-ring (bicyclic) bond motifs is 1. The molecule has 0 unspecified atom stereocenters. The fraction of sp³-hybridized carbons (Fsp3) is 0.171. The summed E-state index contributed by atoms with van der Waals surface area (Å²) in [5.41, 5.74) is 4.23. The van der Waals surface area contributed by atoms with E-state index < -0.39 is 5.54 Å². The van der Waals surface area contributed by atoms with Crippen molar-refractivity contribution in [3.63, 3.8) is 0 Å². The van der Waals surface area contributed by atoms with Gasteiger partial charge in [-0.2, -0.15) is 9.97 Å². The molecule has 0 atom stereocenters. The predicted molar refractivity (Wildman–Crippen MR) is 167 cm³/mol. The molecule has 0 radical (unpaired) electrons. The van der Waals surface area contributed by atoms with Crippen molar-refractivity contribution in [3.05, 3.63) is 143 Å². The van der Waals surface area contributed by atoms with Gasteiger partial charge in [0.2, 0.25) is 11.8 Å². The van der Waals surface area contributed by atoms with E-state index in [1.807, 2.05) is 90.4 Å². The van der Waals surface area contributed by atoms with Gasteiger partial charge in [0.25, 0.3) is 0 Å². The van der Waals surface area contributed by atoms with Crippen LogP contribution in [0, 0.1) is 6.92 Å². The van der Waals surface area contributed by atoms with Gasteiger partial charge in [0.1, 0.15) is 23.7 Å². The molecule has 0 aliphatic rings. The minimum absolute atomic E-state index is 0.0525. The number of nitrogens with one attached hydrogen (secondary N) is 1. The zero-order chi connectivity index (χ0) is 29.6. The summed E-state index contributed by atoms with van der Waals surface area (Å²) in [6, 6.07) is 38.4. The Morgan fingerprint density at radius 1 is 0.744 bits per heavy atom. The molecule has 0 amide bonds. The summed E-state index contributed by atoms with van der Waals surface area (Å²) < 4.78 is 13.7. The number of aryl methyl sites for hydroxylation is 1. The average molecular weight is 572 g/mol. The molecule has 4 aromatic carbocycles. The number of methoxy groups -OCH3 is 1. The highest BCUT2D eigenvalue weighted by Crippen LogP contribution is 2.40. The van der Waals surface area contributed by atoms with Crippen LogP contribution in [0.5, 0.6) is 11.6 Å². The van der Waals surface area contributed by atoms with E-state index in [1.54, 1.807) is 7.11 Å². The highest BCUT2D eigenvalue weighted by molar-refractivity contribution is 5.79. The number of aromatic nitrogens is 4. The van der Waals surface area contributed by atoms with E-state index in [9.17, 15) is 5.11 Å². The molecular formula is C35H33N5O3. The Hall–Kier alpha value is -5.21. The normalized spacial score (nSPS) is 11.4. The number of nitrogens with zero attached hydrogens (tertiary/aromatic N) is 4. The topological polar surface area (TPSA) is 94.3 Å². The van der Waals surface area contributed by atoms with Crippen molar-refractivity contribution in [2.45, 2.75) is 25.6 Å². The van der Waals surface area contributed by atoms with Crippen LogP contribution in [0.1, 0.15) is 28.1 Å². The van der Waals surface area contributed by atoms with Crippen LogP contribution >= 0.6 is 0 Å². The van der Waals surface area contributed by atoms with Crippen molar-refractivity contribution in [1.82, 2.24) is 19.5 Å². The third-order valence-electron chi connectivity index (χ3n) is 7.53. The van der Waals surface area contributed by atoms with Gasteiger partial charge in [-0.3, -0.25) is 0 Å². The molecule has 0 aliphatic carbocycles. The van der Waals surface area contributed by atoms with Crippen LogP contribution in [0.2, 0.25) is 0 Å². The van der Waals surface area contributed by atoms with Gasteiger partial charge in [0.05, 0.1) is 13.7 Å². The molecular weight excluding hydrogens is 538 g/mol. The van der Waals surface area contributed by atoms with E-state index in [-0.39, 0.29) is 6.61 Å². The summed E-state index contributed by atoms with van der Waals surface area (Å²) in [5, 5.41) is 13.6. The lowest BCUT2D eigenvalue weighted by Crippen LogP contribution is -2.38. The van der Waals surface area contributed by atoms with Gasteiger partial charge < -0.3 is 24.5 Å². The lowest BCUT2D eigenvalue weighted by Gasteiger charge is -2.37. The second kappa shape index (κ2) is 12.3. The third kappa shape index (κ3) is 5.52. The second-order valence-electron chi connectivity index (χ2n) is 10.2. The maximum atomic E-state index is 9.84. The maximum Gasteiger partial charge on any atom is 0.247 e. The Bertz CT molecular complexity index is 1750. The fourth-order valence-corrected chi connectivity index (χ4v) is 5.44. The van der Waals surface area contributed by atoms with Crippen molar-refractivity contribution in [3.8, 4) is 11.6 Å². The van der Waals surface area contributed by atoms with Crippen molar-refractivity contribution in [2.75, 3.05) is 19.0 Å². The number of ether oxygens (including phenoxy) is 2. The highest BCUT2D eigenvalue weighted by Gasteiger charge is 2.38. The van der Waals surface area contributed by atoms with Gasteiger partial charge in [-0.1, -0.05) is 103 Å². The molecule has 0 aliphatic heterocycles. The van der Waals surface area contributed by atoms with E-state index in [0.29, 0.717) is 42.0 Å². The van der Waals surface area contributed by atoms with Crippen LogP contribution < -0.4 is 14.8 Å². The predicted octanol–water partition coefficient (Wildman–Crippen LogP) is 6.12. The van der Waals surface area contributed by atoms with E-state index in [2.05, 4.69) is 41.7 Å². The standard InChI is InChI=1S/C35H33N5O3/c1-25-36-31-32(40(25)22-23-41)37-34(38-33(31)43-24-26-12-6-3-7-13-26)39-35(27-14-8-4-9-15-27,28-16-10-5-11-17-28)29-18-20-30(42-2)21-19-29/h3-21,41H,22-24H2,1-2H3,(H,37,38,39). The number of benzene rings is 4. The molecule has 6 rings (SSSR count). The molecule has 0 fully saturated rings.